The summed E-state index contributed by atoms with van der Waals surface area (Å²) in [6, 6.07) is 5.05. The summed E-state index contributed by atoms with van der Waals surface area (Å²) < 4.78 is 42.6. The van der Waals surface area contributed by atoms with E-state index >= 15 is 0 Å². The van der Waals surface area contributed by atoms with Gasteiger partial charge in [0.1, 0.15) is 11.6 Å². The van der Waals surface area contributed by atoms with E-state index in [1.807, 2.05) is 6.92 Å². The largest absolute Gasteiger partial charge is 0.307 e. The Morgan fingerprint density at radius 2 is 2.00 bits per heavy atom. The zero-order chi connectivity index (χ0) is 20.5. The molecule has 1 aromatic carbocycles. The number of halogens is 1. The monoisotopic (exact) mass is 408 g/mol. The van der Waals surface area contributed by atoms with Crippen molar-refractivity contribution in [1.82, 2.24) is 14.1 Å². The normalized spacial score (nSPS) is 15.6. The molecule has 2 aromatic rings. The lowest BCUT2D eigenvalue weighted by Gasteiger charge is -2.19. The number of aromatic nitrogens is 2. The standard InChI is InChI=1S/C19H25FN4O3S/c1-4-23(5-2)28(26,27)15-8-9-17(20)16(12-15)19(25)22-18-10-11-21-24(18)13(3)14-6-7-14/h8-14H,4-7H2,1-3H3,(H,22,25). The molecule has 1 amide bonds. The summed E-state index contributed by atoms with van der Waals surface area (Å²) in [5.41, 5.74) is -0.319. The Labute approximate surface area is 164 Å². The summed E-state index contributed by atoms with van der Waals surface area (Å²) in [5, 5.41) is 6.91. The molecule has 1 fully saturated rings. The van der Waals surface area contributed by atoms with Gasteiger partial charge in [-0.15, -0.1) is 0 Å². The van der Waals surface area contributed by atoms with Crippen LogP contribution >= 0.6 is 0 Å². The molecule has 0 radical (unpaired) electrons. The van der Waals surface area contributed by atoms with Crippen LogP contribution < -0.4 is 5.32 Å². The van der Waals surface area contributed by atoms with E-state index in [-0.39, 0.29) is 29.6 Å². The predicted octanol–water partition coefficient (Wildman–Crippen LogP) is 3.28. The van der Waals surface area contributed by atoms with E-state index in [1.54, 1.807) is 30.8 Å². The van der Waals surface area contributed by atoms with Gasteiger partial charge in [-0.25, -0.2) is 17.5 Å². The van der Waals surface area contributed by atoms with Gasteiger partial charge in [-0.1, -0.05) is 13.8 Å². The second-order valence-electron chi connectivity index (χ2n) is 6.92. The third-order valence-corrected chi connectivity index (χ3v) is 7.17. The number of hydrogen-bond donors (Lipinski definition) is 1. The molecule has 152 valence electrons. The van der Waals surface area contributed by atoms with Crippen molar-refractivity contribution in [2.45, 2.75) is 44.6 Å². The highest BCUT2D eigenvalue weighted by Crippen LogP contribution is 2.40. The van der Waals surface area contributed by atoms with Gasteiger partial charge in [0.15, 0.2) is 0 Å². The second-order valence-corrected chi connectivity index (χ2v) is 8.86. The van der Waals surface area contributed by atoms with E-state index in [0.717, 1.165) is 25.0 Å². The molecule has 1 aromatic heterocycles. The van der Waals surface area contributed by atoms with Gasteiger partial charge in [0.25, 0.3) is 5.91 Å². The summed E-state index contributed by atoms with van der Waals surface area (Å²) >= 11 is 0. The highest BCUT2D eigenvalue weighted by atomic mass is 32.2. The molecular weight excluding hydrogens is 383 g/mol. The van der Waals surface area contributed by atoms with Crippen molar-refractivity contribution in [3.8, 4) is 0 Å². The summed E-state index contributed by atoms with van der Waals surface area (Å²) in [5.74, 6) is -0.508. The molecule has 0 spiro atoms. The average molecular weight is 408 g/mol. The first-order chi connectivity index (χ1) is 13.3. The summed E-state index contributed by atoms with van der Waals surface area (Å²) in [4.78, 5) is 12.6. The van der Waals surface area contributed by atoms with Gasteiger partial charge in [-0.3, -0.25) is 4.79 Å². The lowest BCUT2D eigenvalue weighted by molar-refractivity contribution is 0.102. The number of hydrogen-bond acceptors (Lipinski definition) is 4. The van der Waals surface area contributed by atoms with Crippen LogP contribution in [0.5, 0.6) is 0 Å². The van der Waals surface area contributed by atoms with Crippen LogP contribution in [0.15, 0.2) is 35.4 Å². The van der Waals surface area contributed by atoms with E-state index < -0.39 is 21.7 Å². The number of amides is 1. The van der Waals surface area contributed by atoms with Crippen LogP contribution in [0.4, 0.5) is 10.2 Å². The van der Waals surface area contributed by atoms with Crippen molar-refractivity contribution in [2.24, 2.45) is 5.92 Å². The van der Waals surface area contributed by atoms with E-state index in [2.05, 4.69) is 10.4 Å². The number of nitrogens with one attached hydrogen (secondary N) is 1. The summed E-state index contributed by atoms with van der Waals surface area (Å²) in [7, 11) is -3.79. The second kappa shape index (κ2) is 8.00. The van der Waals surface area contributed by atoms with E-state index in [0.29, 0.717) is 11.7 Å². The van der Waals surface area contributed by atoms with Crippen LogP contribution in [0.2, 0.25) is 0 Å². The minimum atomic E-state index is -3.79. The number of sulfonamides is 1. The predicted molar refractivity (Wildman–Crippen MR) is 104 cm³/mol. The highest BCUT2D eigenvalue weighted by Gasteiger charge is 2.31. The maximum atomic E-state index is 14.3. The molecule has 7 nitrogen and oxygen atoms in total. The van der Waals surface area contributed by atoms with Crippen molar-refractivity contribution in [3.63, 3.8) is 0 Å². The highest BCUT2D eigenvalue weighted by molar-refractivity contribution is 7.89. The zero-order valence-corrected chi connectivity index (χ0v) is 17.0. The summed E-state index contributed by atoms with van der Waals surface area (Å²) in [6.45, 7) is 6.05. The van der Waals surface area contributed by atoms with E-state index in [9.17, 15) is 17.6 Å². The fraction of sp³-hybridized carbons (Fsp3) is 0.474. The Morgan fingerprint density at radius 3 is 2.61 bits per heavy atom. The SMILES string of the molecule is CCN(CC)S(=O)(=O)c1ccc(F)c(C(=O)Nc2ccnn2C(C)C2CC2)c1. The Balaban J connectivity index is 1.88. The molecule has 1 atom stereocenters. The minimum Gasteiger partial charge on any atom is -0.307 e. The van der Waals surface area contributed by atoms with Crippen LogP contribution in [-0.4, -0.2) is 41.5 Å². The lowest BCUT2D eigenvalue weighted by atomic mass is 10.2. The van der Waals surface area contributed by atoms with Crippen molar-refractivity contribution in [2.75, 3.05) is 18.4 Å². The average Bonchev–Trinajstić information content (AvgIpc) is 3.41. The minimum absolute atomic E-state index is 0.109. The Morgan fingerprint density at radius 1 is 1.32 bits per heavy atom. The van der Waals surface area contributed by atoms with E-state index in [1.165, 1.54) is 10.4 Å². The maximum Gasteiger partial charge on any atom is 0.259 e. The Hall–Kier alpha value is -2.26. The topological polar surface area (TPSA) is 84.3 Å². The first kappa shape index (κ1) is 20.5. The number of benzene rings is 1. The molecular formula is C19H25FN4O3S. The van der Waals surface area contributed by atoms with Crippen molar-refractivity contribution in [3.05, 3.63) is 41.8 Å². The first-order valence-electron chi connectivity index (χ1n) is 9.44. The van der Waals surface area contributed by atoms with Gasteiger partial charge in [0.2, 0.25) is 10.0 Å². The molecule has 0 saturated heterocycles. The maximum absolute atomic E-state index is 14.3. The fourth-order valence-corrected chi connectivity index (χ4v) is 4.74. The van der Waals surface area contributed by atoms with Gasteiger partial charge in [-0.2, -0.15) is 9.40 Å². The number of rotatable bonds is 8. The third kappa shape index (κ3) is 3.95. The Bertz CT molecular complexity index is 965. The van der Waals surface area contributed by atoms with Crippen molar-refractivity contribution < 1.29 is 17.6 Å². The molecule has 1 N–H and O–H groups in total. The molecule has 1 aliphatic carbocycles. The number of nitrogens with zero attached hydrogens (tertiary/aromatic N) is 3. The van der Waals surface area contributed by atoms with E-state index in [4.69, 9.17) is 0 Å². The van der Waals surface area contributed by atoms with Crippen LogP contribution in [0.1, 0.15) is 50.0 Å². The molecule has 1 unspecified atom stereocenters. The molecule has 3 rings (SSSR count). The molecule has 1 saturated carbocycles. The molecule has 0 aliphatic heterocycles. The number of carbonyl (C=O) groups excluding carboxylic acids is 1. The van der Waals surface area contributed by atoms with Gasteiger partial charge in [0.05, 0.1) is 22.7 Å². The molecule has 1 heterocycles. The zero-order valence-electron chi connectivity index (χ0n) is 16.2. The third-order valence-electron chi connectivity index (χ3n) is 5.13. The fourth-order valence-electron chi connectivity index (χ4n) is 3.25. The quantitative estimate of drug-likeness (QED) is 0.727. The Kier molecular flexibility index (Phi) is 5.85. The van der Waals surface area contributed by atoms with Crippen LogP contribution in [0.25, 0.3) is 0 Å². The molecule has 28 heavy (non-hydrogen) atoms. The smallest absolute Gasteiger partial charge is 0.259 e. The lowest BCUT2D eigenvalue weighted by Crippen LogP contribution is -2.31. The van der Waals surface area contributed by atoms with Crippen LogP contribution in [0.3, 0.4) is 0 Å². The molecule has 1 aliphatic rings. The van der Waals surface area contributed by atoms with Crippen molar-refractivity contribution >= 4 is 21.7 Å². The van der Waals surface area contributed by atoms with Crippen molar-refractivity contribution in [1.29, 1.82) is 0 Å². The number of carbonyl (C=O) groups is 1. The van der Waals surface area contributed by atoms with Crippen LogP contribution in [-0.2, 0) is 10.0 Å². The molecule has 9 heteroatoms. The first-order valence-corrected chi connectivity index (χ1v) is 10.9. The van der Waals surface area contributed by atoms with Gasteiger partial charge in [-0.05, 0) is 43.9 Å². The summed E-state index contributed by atoms with van der Waals surface area (Å²) in [6.07, 6.45) is 3.81. The number of anilines is 1. The molecule has 0 bridgehead atoms. The van der Waals surface area contributed by atoms with Gasteiger partial charge in [0, 0.05) is 19.2 Å². The van der Waals surface area contributed by atoms with Crippen LogP contribution in [0, 0.1) is 11.7 Å². The van der Waals surface area contributed by atoms with Gasteiger partial charge >= 0.3 is 0 Å². The van der Waals surface area contributed by atoms with Gasteiger partial charge < -0.3 is 5.32 Å².